The number of carbonyl (C=O) groups excluding carboxylic acids is 3. The Morgan fingerprint density at radius 3 is 2.39 bits per heavy atom. The van der Waals surface area contributed by atoms with Crippen molar-refractivity contribution in [2.75, 3.05) is 31.0 Å². The number of rotatable bonds is 6. The first-order valence-electron chi connectivity index (χ1n) is 9.65. The first-order chi connectivity index (χ1) is 14.4. The van der Waals surface area contributed by atoms with Crippen molar-refractivity contribution in [1.82, 2.24) is 10.2 Å². The number of esters is 1. The van der Waals surface area contributed by atoms with E-state index >= 15 is 0 Å². The van der Waals surface area contributed by atoms with Crippen LogP contribution in [0.4, 0.5) is 5.69 Å². The van der Waals surface area contributed by atoms with Gasteiger partial charge in [-0.3, -0.25) is 18.7 Å². The fourth-order valence-electron chi connectivity index (χ4n) is 3.31. The number of likely N-dealkylation sites (N-methyl/N-ethyl adjacent to an activating group) is 1. The molecule has 166 valence electrons. The maximum atomic E-state index is 12.9. The highest BCUT2D eigenvalue weighted by Gasteiger charge is 2.37. The van der Waals surface area contributed by atoms with Crippen molar-refractivity contribution in [2.45, 2.75) is 31.2 Å². The molecule has 0 saturated carbocycles. The van der Waals surface area contributed by atoms with Crippen molar-refractivity contribution in [1.29, 1.82) is 0 Å². The number of hydrogen-bond acceptors (Lipinski definition) is 6. The van der Waals surface area contributed by atoms with Crippen LogP contribution in [-0.2, 0) is 29.1 Å². The number of nitrogens with one attached hydrogen (secondary N) is 1. The van der Waals surface area contributed by atoms with E-state index in [9.17, 15) is 22.8 Å². The van der Waals surface area contributed by atoms with Crippen LogP contribution in [0.1, 0.15) is 20.8 Å². The molecule has 0 aromatic heterocycles. The van der Waals surface area contributed by atoms with Gasteiger partial charge in [0.1, 0.15) is 6.54 Å². The van der Waals surface area contributed by atoms with Crippen LogP contribution in [0.3, 0.4) is 0 Å². The quantitative estimate of drug-likeness (QED) is 0.667. The minimum absolute atomic E-state index is 0.133. The highest BCUT2D eigenvalue weighted by Crippen LogP contribution is 2.41. The highest BCUT2D eigenvalue weighted by molar-refractivity contribution is 7.93. The molecule has 0 aliphatic carbocycles. The second-order valence-corrected chi connectivity index (χ2v) is 10.2. The van der Waals surface area contributed by atoms with Gasteiger partial charge < -0.3 is 15.0 Å². The van der Waals surface area contributed by atoms with E-state index in [4.69, 9.17) is 4.74 Å². The average Bonchev–Trinajstić information content (AvgIpc) is 2.88. The second-order valence-electron chi connectivity index (χ2n) is 8.35. The maximum absolute atomic E-state index is 12.9. The van der Waals surface area contributed by atoms with Crippen molar-refractivity contribution in [2.24, 2.45) is 0 Å². The molecular formula is C21H25N3O6S. The fraction of sp³-hybridized carbons (Fsp3) is 0.381. The van der Waals surface area contributed by atoms with Gasteiger partial charge in [0.15, 0.2) is 6.61 Å². The lowest BCUT2D eigenvalue weighted by atomic mass is 10.1. The molecular weight excluding hydrogens is 422 g/mol. The number of sulfonamides is 1. The van der Waals surface area contributed by atoms with E-state index in [1.165, 1.54) is 13.1 Å². The molecule has 9 nitrogen and oxygen atoms in total. The minimum Gasteiger partial charge on any atom is -0.454 e. The highest BCUT2D eigenvalue weighted by atomic mass is 32.2. The summed E-state index contributed by atoms with van der Waals surface area (Å²) in [6.45, 7) is 4.12. The van der Waals surface area contributed by atoms with Gasteiger partial charge in [-0.1, -0.05) is 24.3 Å². The van der Waals surface area contributed by atoms with E-state index in [-0.39, 0.29) is 17.3 Å². The number of carbonyl (C=O) groups is 3. The Morgan fingerprint density at radius 1 is 1.10 bits per heavy atom. The summed E-state index contributed by atoms with van der Waals surface area (Å²) in [4.78, 5) is 37.7. The average molecular weight is 448 g/mol. The molecule has 0 spiro atoms. The van der Waals surface area contributed by atoms with Gasteiger partial charge in [-0.05, 0) is 38.3 Å². The van der Waals surface area contributed by atoms with E-state index < -0.39 is 40.6 Å². The van der Waals surface area contributed by atoms with Crippen LogP contribution in [0.5, 0.6) is 0 Å². The molecule has 2 aromatic carbocycles. The Kier molecular flexibility index (Phi) is 5.95. The molecule has 2 amide bonds. The Balaban J connectivity index is 1.61. The molecule has 0 bridgehead atoms. The molecule has 2 aromatic rings. The Morgan fingerprint density at radius 2 is 1.74 bits per heavy atom. The van der Waals surface area contributed by atoms with Gasteiger partial charge in [0.05, 0.1) is 17.1 Å². The largest absolute Gasteiger partial charge is 0.454 e. The summed E-state index contributed by atoms with van der Waals surface area (Å²) in [5.74, 6) is -1.79. The van der Waals surface area contributed by atoms with Gasteiger partial charge in [0.2, 0.25) is 5.91 Å². The van der Waals surface area contributed by atoms with E-state index in [0.717, 1.165) is 14.6 Å². The van der Waals surface area contributed by atoms with Crippen LogP contribution in [0.15, 0.2) is 41.3 Å². The van der Waals surface area contributed by atoms with Gasteiger partial charge in [0, 0.05) is 18.0 Å². The third-order valence-corrected chi connectivity index (χ3v) is 6.43. The van der Waals surface area contributed by atoms with E-state index in [2.05, 4.69) is 5.32 Å². The minimum atomic E-state index is -3.90. The lowest BCUT2D eigenvalue weighted by Crippen LogP contribution is -2.47. The first-order valence-corrected chi connectivity index (χ1v) is 11.1. The Bertz CT molecular complexity index is 1150. The van der Waals surface area contributed by atoms with Crippen LogP contribution in [0.25, 0.3) is 10.8 Å². The molecule has 3 rings (SSSR count). The number of hydrogen-bond donors (Lipinski definition) is 1. The normalized spacial score (nSPS) is 14.4. The van der Waals surface area contributed by atoms with Crippen molar-refractivity contribution >= 4 is 44.3 Å². The number of amides is 2. The smallest absolute Gasteiger partial charge is 0.327 e. The zero-order valence-corrected chi connectivity index (χ0v) is 18.7. The zero-order chi connectivity index (χ0) is 23.0. The van der Waals surface area contributed by atoms with Gasteiger partial charge in [-0.2, -0.15) is 0 Å². The molecule has 1 aliphatic rings. The van der Waals surface area contributed by atoms with Gasteiger partial charge in [-0.15, -0.1) is 0 Å². The van der Waals surface area contributed by atoms with Crippen LogP contribution < -0.4 is 9.62 Å². The zero-order valence-electron chi connectivity index (χ0n) is 17.8. The fourth-order valence-corrected chi connectivity index (χ4v) is 4.96. The van der Waals surface area contributed by atoms with E-state index in [1.54, 1.807) is 30.3 Å². The van der Waals surface area contributed by atoms with Gasteiger partial charge >= 0.3 is 5.97 Å². The Labute approximate surface area is 181 Å². The molecule has 0 radical (unpaired) electrons. The monoisotopic (exact) mass is 447 g/mol. The molecule has 1 heterocycles. The maximum Gasteiger partial charge on any atom is 0.327 e. The van der Waals surface area contributed by atoms with Gasteiger partial charge in [0.25, 0.3) is 15.9 Å². The molecule has 0 atom stereocenters. The van der Waals surface area contributed by atoms with Crippen LogP contribution in [0.2, 0.25) is 0 Å². The molecule has 0 fully saturated rings. The van der Waals surface area contributed by atoms with Crippen molar-refractivity contribution in [3.05, 3.63) is 36.4 Å². The number of benzene rings is 2. The molecule has 1 aliphatic heterocycles. The van der Waals surface area contributed by atoms with Gasteiger partial charge in [-0.25, -0.2) is 8.42 Å². The second kappa shape index (κ2) is 8.18. The van der Waals surface area contributed by atoms with Crippen molar-refractivity contribution in [3.63, 3.8) is 0 Å². The topological polar surface area (TPSA) is 113 Å². The van der Waals surface area contributed by atoms with Crippen LogP contribution in [-0.4, -0.2) is 63.4 Å². The summed E-state index contributed by atoms with van der Waals surface area (Å²) in [5.41, 5.74) is -0.0397. The molecule has 31 heavy (non-hydrogen) atoms. The lowest BCUT2D eigenvalue weighted by Gasteiger charge is -2.23. The summed E-state index contributed by atoms with van der Waals surface area (Å²) in [5, 5.41) is 4.04. The summed E-state index contributed by atoms with van der Waals surface area (Å²) < 4.78 is 31.7. The molecule has 0 saturated heterocycles. The SMILES string of the molecule is CN(CC(=O)NC(C)(C)C)C(=O)COC(=O)CN1c2cccc3cccc(c23)S1(=O)=O. The predicted molar refractivity (Wildman–Crippen MR) is 115 cm³/mol. The number of ether oxygens (including phenoxy) is 1. The summed E-state index contributed by atoms with van der Waals surface area (Å²) in [6, 6.07) is 10.1. The number of anilines is 1. The third kappa shape index (κ3) is 4.79. The predicted octanol–water partition coefficient (Wildman–Crippen LogP) is 1.26. The Hall–Kier alpha value is -3.14. The molecule has 0 unspecified atom stereocenters. The summed E-state index contributed by atoms with van der Waals surface area (Å²) in [7, 11) is -2.48. The molecule has 10 heteroatoms. The van der Waals surface area contributed by atoms with E-state index in [0.29, 0.717) is 11.1 Å². The standard InChI is InChI=1S/C21H25N3O6S/c1-21(2,3)22-17(25)11-23(4)18(26)13-30-19(27)12-24-15-9-5-7-14-8-6-10-16(20(14)15)31(24,28)29/h5-10H,11-13H2,1-4H3,(H,22,25). The number of nitrogens with zero attached hydrogens (tertiary/aromatic N) is 2. The molecule has 1 N–H and O–H groups in total. The van der Waals surface area contributed by atoms with Crippen molar-refractivity contribution < 1.29 is 27.5 Å². The lowest BCUT2D eigenvalue weighted by molar-refractivity contribution is -0.150. The van der Waals surface area contributed by atoms with Crippen LogP contribution >= 0.6 is 0 Å². The third-order valence-electron chi connectivity index (χ3n) is 4.63. The summed E-state index contributed by atoms with van der Waals surface area (Å²) in [6.07, 6.45) is 0. The van der Waals surface area contributed by atoms with Crippen LogP contribution in [0, 0.1) is 0 Å². The van der Waals surface area contributed by atoms with E-state index in [1.807, 2.05) is 20.8 Å². The van der Waals surface area contributed by atoms with Crippen molar-refractivity contribution in [3.8, 4) is 0 Å². The first kappa shape index (κ1) is 22.5. The summed E-state index contributed by atoms with van der Waals surface area (Å²) >= 11 is 0.